The minimum atomic E-state index is 0.302. The molecular weight excluding hydrogens is 340 g/mol. The fourth-order valence-corrected chi connectivity index (χ4v) is 3.67. The number of likely N-dealkylation sites (N-methyl/N-ethyl adjacent to an activating group) is 1. The molecule has 0 aromatic rings. The summed E-state index contributed by atoms with van der Waals surface area (Å²) in [5, 5.41) is 3.43. The number of piperazine rings is 1. The highest BCUT2D eigenvalue weighted by molar-refractivity contribution is 5.80. The number of carbonyl (C=O) groups is 1. The number of carbonyl (C=O) groups excluding carboxylic acids is 1. The van der Waals surface area contributed by atoms with E-state index in [0.29, 0.717) is 12.5 Å². The van der Waals surface area contributed by atoms with Crippen LogP contribution in [0.4, 0.5) is 0 Å². The molecule has 2 aliphatic rings. The van der Waals surface area contributed by atoms with Gasteiger partial charge in [-0.15, -0.1) is 0 Å². The molecule has 0 aromatic heterocycles. The number of unbranched alkanes of at least 4 members (excludes halogenated alkanes) is 1. The molecule has 0 aliphatic carbocycles. The van der Waals surface area contributed by atoms with Gasteiger partial charge in [0.2, 0.25) is 5.91 Å². The second-order valence-electron chi connectivity index (χ2n) is 7.74. The van der Waals surface area contributed by atoms with Crippen LogP contribution in [-0.4, -0.2) is 111 Å². The van der Waals surface area contributed by atoms with Gasteiger partial charge in [0.1, 0.15) is 0 Å². The van der Waals surface area contributed by atoms with Crippen molar-refractivity contribution < 1.29 is 4.79 Å². The lowest BCUT2D eigenvalue weighted by Crippen LogP contribution is -2.54. The summed E-state index contributed by atoms with van der Waals surface area (Å²) >= 11 is 0. The summed E-state index contributed by atoms with van der Waals surface area (Å²) in [4.78, 5) is 26.2. The Labute approximate surface area is 165 Å². The number of likely N-dealkylation sites (tertiary alicyclic amines) is 1. The number of nitrogens with zero attached hydrogens (tertiary/aromatic N) is 5. The third kappa shape index (κ3) is 7.66. The standard InChI is InChI=1S/C20H40N6O/c1-4-6-10-23(3)13-9-22-20(21-5-2)26-16-14-24(15-17-26)18-19(27)25-11-7-8-12-25/h4-18H2,1-3H3,(H,21,22). The first-order valence-corrected chi connectivity index (χ1v) is 10.9. The normalized spacial score (nSPS) is 19.2. The zero-order chi connectivity index (χ0) is 19.5. The Morgan fingerprint density at radius 1 is 1.00 bits per heavy atom. The molecule has 0 aromatic carbocycles. The van der Waals surface area contributed by atoms with Crippen molar-refractivity contribution in [2.75, 3.05) is 79.0 Å². The molecule has 0 radical (unpaired) electrons. The fraction of sp³-hybridized carbons (Fsp3) is 0.900. The van der Waals surface area contributed by atoms with Crippen LogP contribution in [0, 0.1) is 0 Å². The van der Waals surface area contributed by atoms with E-state index in [1.54, 1.807) is 0 Å². The first-order valence-electron chi connectivity index (χ1n) is 10.9. The van der Waals surface area contributed by atoms with Crippen LogP contribution in [-0.2, 0) is 4.79 Å². The van der Waals surface area contributed by atoms with Gasteiger partial charge in [0, 0.05) is 52.4 Å². The van der Waals surface area contributed by atoms with E-state index in [0.717, 1.165) is 84.2 Å². The Balaban J connectivity index is 1.74. The molecule has 2 aliphatic heterocycles. The summed E-state index contributed by atoms with van der Waals surface area (Å²) in [6.45, 7) is 14.4. The lowest BCUT2D eigenvalue weighted by Gasteiger charge is -2.36. The molecule has 2 fully saturated rings. The van der Waals surface area contributed by atoms with Crippen LogP contribution in [0.1, 0.15) is 39.5 Å². The maximum Gasteiger partial charge on any atom is 0.236 e. The van der Waals surface area contributed by atoms with Crippen molar-refractivity contribution in [3.05, 3.63) is 0 Å². The molecule has 0 saturated carbocycles. The van der Waals surface area contributed by atoms with E-state index in [1.807, 2.05) is 4.90 Å². The third-order valence-corrected chi connectivity index (χ3v) is 5.46. The Bertz CT molecular complexity index is 455. The van der Waals surface area contributed by atoms with Gasteiger partial charge in [0.15, 0.2) is 5.96 Å². The Morgan fingerprint density at radius 3 is 2.33 bits per heavy atom. The van der Waals surface area contributed by atoms with Gasteiger partial charge >= 0.3 is 0 Å². The van der Waals surface area contributed by atoms with Crippen molar-refractivity contribution in [1.29, 1.82) is 0 Å². The van der Waals surface area contributed by atoms with E-state index in [2.05, 4.69) is 40.9 Å². The summed E-state index contributed by atoms with van der Waals surface area (Å²) in [6, 6.07) is 0. The first-order chi connectivity index (χ1) is 13.1. The molecule has 27 heavy (non-hydrogen) atoms. The molecule has 0 spiro atoms. The van der Waals surface area contributed by atoms with Gasteiger partial charge in [-0.2, -0.15) is 0 Å². The number of hydrogen-bond donors (Lipinski definition) is 1. The van der Waals surface area contributed by atoms with Gasteiger partial charge in [0.05, 0.1) is 13.1 Å². The smallest absolute Gasteiger partial charge is 0.236 e. The van der Waals surface area contributed by atoms with E-state index < -0.39 is 0 Å². The van der Waals surface area contributed by atoms with Crippen molar-refractivity contribution in [3.8, 4) is 0 Å². The van der Waals surface area contributed by atoms with Crippen molar-refractivity contribution in [2.24, 2.45) is 4.99 Å². The van der Waals surface area contributed by atoms with Gasteiger partial charge in [-0.05, 0) is 39.8 Å². The van der Waals surface area contributed by atoms with Crippen LogP contribution in [0.15, 0.2) is 4.99 Å². The average Bonchev–Trinajstić information content (AvgIpc) is 3.21. The molecule has 156 valence electrons. The lowest BCUT2D eigenvalue weighted by atomic mass is 10.3. The summed E-state index contributed by atoms with van der Waals surface area (Å²) in [7, 11) is 2.17. The zero-order valence-corrected chi connectivity index (χ0v) is 17.8. The first kappa shape index (κ1) is 22.0. The molecule has 1 amide bonds. The van der Waals surface area contributed by atoms with Crippen molar-refractivity contribution >= 4 is 11.9 Å². The average molecular weight is 381 g/mol. The molecular formula is C20H40N6O. The van der Waals surface area contributed by atoms with Crippen molar-refractivity contribution in [2.45, 2.75) is 39.5 Å². The van der Waals surface area contributed by atoms with Gasteiger partial charge in [-0.1, -0.05) is 13.3 Å². The monoisotopic (exact) mass is 380 g/mol. The summed E-state index contributed by atoms with van der Waals surface area (Å²) in [5.41, 5.74) is 0. The van der Waals surface area contributed by atoms with E-state index in [1.165, 1.54) is 12.8 Å². The summed E-state index contributed by atoms with van der Waals surface area (Å²) < 4.78 is 0. The topological polar surface area (TPSA) is 54.4 Å². The Morgan fingerprint density at radius 2 is 1.70 bits per heavy atom. The quantitative estimate of drug-likeness (QED) is 0.476. The second kappa shape index (κ2) is 12.2. The molecule has 0 atom stereocenters. The van der Waals surface area contributed by atoms with Crippen LogP contribution in [0.2, 0.25) is 0 Å². The van der Waals surface area contributed by atoms with Crippen LogP contribution in [0.5, 0.6) is 0 Å². The van der Waals surface area contributed by atoms with Crippen molar-refractivity contribution in [3.63, 3.8) is 0 Å². The number of hydrogen-bond acceptors (Lipinski definition) is 4. The molecule has 2 saturated heterocycles. The number of nitrogens with one attached hydrogen (secondary N) is 1. The Hall–Kier alpha value is -1.34. The molecule has 0 unspecified atom stereocenters. The molecule has 7 nitrogen and oxygen atoms in total. The van der Waals surface area contributed by atoms with E-state index in [-0.39, 0.29) is 0 Å². The van der Waals surface area contributed by atoms with Crippen LogP contribution < -0.4 is 5.32 Å². The number of amides is 1. The van der Waals surface area contributed by atoms with Gasteiger partial charge in [0.25, 0.3) is 0 Å². The van der Waals surface area contributed by atoms with Crippen LogP contribution in [0.25, 0.3) is 0 Å². The fourth-order valence-electron chi connectivity index (χ4n) is 3.67. The van der Waals surface area contributed by atoms with Crippen molar-refractivity contribution in [1.82, 2.24) is 24.9 Å². The summed E-state index contributed by atoms with van der Waals surface area (Å²) in [5.74, 6) is 1.32. The number of rotatable bonds is 9. The Kier molecular flexibility index (Phi) is 9.91. The predicted molar refractivity (Wildman–Crippen MR) is 112 cm³/mol. The second-order valence-corrected chi connectivity index (χ2v) is 7.74. The minimum Gasteiger partial charge on any atom is -0.357 e. The minimum absolute atomic E-state index is 0.302. The van der Waals surface area contributed by atoms with Gasteiger partial charge < -0.3 is 20.0 Å². The molecule has 0 bridgehead atoms. The molecule has 1 N–H and O–H groups in total. The lowest BCUT2D eigenvalue weighted by molar-refractivity contribution is -0.131. The molecule has 7 heteroatoms. The number of aliphatic imine (C=N–C) groups is 1. The zero-order valence-electron chi connectivity index (χ0n) is 17.8. The van der Waals surface area contributed by atoms with E-state index in [4.69, 9.17) is 4.99 Å². The maximum absolute atomic E-state index is 12.3. The SMILES string of the molecule is CCCCN(C)CCN=C(NCC)N1CCN(CC(=O)N2CCCC2)CC1. The van der Waals surface area contributed by atoms with E-state index >= 15 is 0 Å². The van der Waals surface area contributed by atoms with Gasteiger partial charge in [-0.25, -0.2) is 0 Å². The number of guanidine groups is 1. The molecule has 2 rings (SSSR count). The largest absolute Gasteiger partial charge is 0.357 e. The highest BCUT2D eigenvalue weighted by atomic mass is 16.2. The molecule has 2 heterocycles. The highest BCUT2D eigenvalue weighted by Crippen LogP contribution is 2.09. The van der Waals surface area contributed by atoms with Crippen LogP contribution in [0.3, 0.4) is 0 Å². The highest BCUT2D eigenvalue weighted by Gasteiger charge is 2.24. The van der Waals surface area contributed by atoms with Crippen LogP contribution >= 0.6 is 0 Å². The van der Waals surface area contributed by atoms with Gasteiger partial charge in [-0.3, -0.25) is 14.7 Å². The predicted octanol–water partition coefficient (Wildman–Crippen LogP) is 0.924. The third-order valence-electron chi connectivity index (χ3n) is 5.46. The maximum atomic E-state index is 12.3. The summed E-state index contributed by atoms with van der Waals surface area (Å²) in [6.07, 6.45) is 4.81. The van der Waals surface area contributed by atoms with E-state index in [9.17, 15) is 4.79 Å².